The first-order chi connectivity index (χ1) is 10.2. The summed E-state index contributed by atoms with van der Waals surface area (Å²) in [4.78, 5) is 23.9. The van der Waals surface area contributed by atoms with Gasteiger partial charge in [0.1, 0.15) is 12.3 Å². The van der Waals surface area contributed by atoms with Crippen molar-refractivity contribution in [1.29, 1.82) is 0 Å². The van der Waals surface area contributed by atoms with Crippen LogP contribution in [0.15, 0.2) is 30.5 Å². The van der Waals surface area contributed by atoms with Gasteiger partial charge in [0.15, 0.2) is 0 Å². The predicted molar refractivity (Wildman–Crippen MR) is 77.7 cm³/mol. The standard InChI is InChI=1S/C15H13N3O3/c1-21-8-13(19)14-9(7-16-18-14)6-11-10-4-2-3-5-12(10)17-15(11)20/h2-7H,8H2,1H3,(H,16,18)(H,17,20)/b11-6-. The number of carbonyl (C=O) groups excluding carboxylic acids is 2. The van der Waals surface area contributed by atoms with E-state index in [1.807, 2.05) is 24.3 Å². The van der Waals surface area contributed by atoms with Crippen LogP contribution in [0.5, 0.6) is 0 Å². The molecule has 2 heterocycles. The number of amides is 1. The maximum atomic E-state index is 12.0. The van der Waals surface area contributed by atoms with Gasteiger partial charge in [0.2, 0.25) is 5.78 Å². The van der Waals surface area contributed by atoms with Crippen LogP contribution in [0.25, 0.3) is 11.6 Å². The van der Waals surface area contributed by atoms with Crippen molar-refractivity contribution in [1.82, 2.24) is 10.2 Å². The molecule has 1 aliphatic heterocycles. The molecule has 1 aromatic carbocycles. The summed E-state index contributed by atoms with van der Waals surface area (Å²) < 4.78 is 4.83. The number of aromatic amines is 1. The molecule has 106 valence electrons. The molecular formula is C15H13N3O3. The second-order valence-electron chi connectivity index (χ2n) is 4.61. The zero-order valence-corrected chi connectivity index (χ0v) is 11.3. The molecule has 2 aromatic rings. The van der Waals surface area contributed by atoms with Gasteiger partial charge in [-0.1, -0.05) is 18.2 Å². The monoisotopic (exact) mass is 283 g/mol. The van der Waals surface area contributed by atoms with Gasteiger partial charge >= 0.3 is 0 Å². The van der Waals surface area contributed by atoms with Crippen LogP contribution in [0.2, 0.25) is 0 Å². The normalized spacial score (nSPS) is 15.1. The zero-order valence-electron chi connectivity index (χ0n) is 11.3. The summed E-state index contributed by atoms with van der Waals surface area (Å²) in [5.41, 5.74) is 3.00. The lowest BCUT2D eigenvalue weighted by atomic mass is 10.0. The van der Waals surface area contributed by atoms with Crippen molar-refractivity contribution in [3.05, 3.63) is 47.3 Å². The lowest BCUT2D eigenvalue weighted by Crippen LogP contribution is -2.09. The van der Waals surface area contributed by atoms with Crippen molar-refractivity contribution in [2.45, 2.75) is 0 Å². The molecule has 2 N–H and O–H groups in total. The number of H-pyrrole nitrogens is 1. The number of nitrogens with zero attached hydrogens (tertiary/aromatic N) is 1. The van der Waals surface area contributed by atoms with E-state index in [2.05, 4.69) is 15.5 Å². The number of carbonyl (C=O) groups is 2. The number of ketones is 1. The summed E-state index contributed by atoms with van der Waals surface area (Å²) in [5.74, 6) is -0.406. The highest BCUT2D eigenvalue weighted by atomic mass is 16.5. The van der Waals surface area contributed by atoms with E-state index in [4.69, 9.17) is 4.74 Å². The first-order valence-electron chi connectivity index (χ1n) is 6.38. The third-order valence-corrected chi connectivity index (χ3v) is 3.23. The van der Waals surface area contributed by atoms with Gasteiger partial charge < -0.3 is 10.1 Å². The number of rotatable bonds is 4. The number of Topliss-reactive ketones (excluding diaryl/α,β-unsaturated/α-hetero) is 1. The van der Waals surface area contributed by atoms with Gasteiger partial charge in [-0.3, -0.25) is 14.7 Å². The van der Waals surface area contributed by atoms with Crippen LogP contribution in [-0.4, -0.2) is 35.6 Å². The lowest BCUT2D eigenvalue weighted by molar-refractivity contribution is -0.110. The molecule has 0 unspecified atom stereocenters. The van der Waals surface area contributed by atoms with E-state index in [-0.39, 0.29) is 18.3 Å². The molecule has 0 atom stereocenters. The summed E-state index contributed by atoms with van der Waals surface area (Å²) in [6.45, 7) is -0.0405. The quantitative estimate of drug-likeness (QED) is 0.661. The van der Waals surface area contributed by atoms with Crippen LogP contribution in [0.4, 0.5) is 5.69 Å². The molecule has 6 heteroatoms. The van der Waals surface area contributed by atoms with E-state index in [0.29, 0.717) is 16.8 Å². The molecule has 0 radical (unpaired) electrons. The van der Waals surface area contributed by atoms with E-state index in [1.165, 1.54) is 13.3 Å². The smallest absolute Gasteiger partial charge is 0.256 e. The highest BCUT2D eigenvalue weighted by Crippen LogP contribution is 2.32. The van der Waals surface area contributed by atoms with Gasteiger partial charge in [-0.2, -0.15) is 5.10 Å². The molecule has 0 spiro atoms. The van der Waals surface area contributed by atoms with Crippen LogP contribution in [0.3, 0.4) is 0 Å². The van der Waals surface area contributed by atoms with Crippen molar-refractivity contribution in [2.24, 2.45) is 0 Å². The molecule has 0 bridgehead atoms. The van der Waals surface area contributed by atoms with Crippen LogP contribution in [0, 0.1) is 0 Å². The molecule has 3 rings (SSSR count). The number of methoxy groups -OCH3 is 1. The van der Waals surface area contributed by atoms with Gasteiger partial charge in [-0.25, -0.2) is 0 Å². The van der Waals surface area contributed by atoms with Gasteiger partial charge in [0.25, 0.3) is 5.91 Å². The first-order valence-corrected chi connectivity index (χ1v) is 6.38. The van der Waals surface area contributed by atoms with E-state index in [1.54, 1.807) is 6.08 Å². The van der Waals surface area contributed by atoms with Crippen LogP contribution >= 0.6 is 0 Å². The minimum absolute atomic E-state index is 0.0405. The maximum Gasteiger partial charge on any atom is 0.256 e. The van der Waals surface area contributed by atoms with Crippen LogP contribution in [0.1, 0.15) is 21.6 Å². The lowest BCUT2D eigenvalue weighted by Gasteiger charge is -2.00. The van der Waals surface area contributed by atoms with Gasteiger partial charge in [-0.05, 0) is 12.1 Å². The van der Waals surface area contributed by atoms with E-state index < -0.39 is 0 Å². The SMILES string of the molecule is COCC(=O)c1[nH]ncc1/C=C1\C(=O)Nc2ccccc21. The average Bonchev–Trinajstić information content (AvgIpc) is 3.05. The number of hydrogen-bond acceptors (Lipinski definition) is 4. The Morgan fingerprint density at radius 3 is 3.00 bits per heavy atom. The van der Waals surface area contributed by atoms with E-state index in [0.717, 1.165) is 11.3 Å². The Hall–Kier alpha value is -2.73. The van der Waals surface area contributed by atoms with Gasteiger partial charge in [0.05, 0.1) is 6.20 Å². The summed E-state index contributed by atoms with van der Waals surface area (Å²) >= 11 is 0. The first kappa shape index (κ1) is 13.3. The Kier molecular flexibility index (Phi) is 3.37. The molecule has 1 aromatic heterocycles. The number of fused-ring (bicyclic) bond motifs is 1. The Morgan fingerprint density at radius 2 is 2.19 bits per heavy atom. The molecule has 1 aliphatic rings. The van der Waals surface area contributed by atoms with Crippen LogP contribution in [-0.2, 0) is 9.53 Å². The summed E-state index contributed by atoms with van der Waals surface area (Å²) in [6.07, 6.45) is 3.18. The fraction of sp³-hybridized carbons (Fsp3) is 0.133. The zero-order chi connectivity index (χ0) is 14.8. The molecule has 6 nitrogen and oxygen atoms in total. The van der Waals surface area contributed by atoms with Crippen molar-refractivity contribution in [2.75, 3.05) is 19.0 Å². The molecule has 0 fully saturated rings. The second-order valence-corrected chi connectivity index (χ2v) is 4.61. The number of benzene rings is 1. The minimum Gasteiger partial charge on any atom is -0.376 e. The molecule has 0 saturated heterocycles. The van der Waals surface area contributed by atoms with Crippen LogP contribution < -0.4 is 5.32 Å². The number of ether oxygens (including phenoxy) is 1. The third kappa shape index (κ3) is 2.36. The largest absolute Gasteiger partial charge is 0.376 e. The minimum atomic E-state index is -0.214. The molecule has 21 heavy (non-hydrogen) atoms. The van der Waals surface area contributed by atoms with Crippen molar-refractivity contribution in [3.8, 4) is 0 Å². The summed E-state index contributed by atoms with van der Waals surface area (Å²) in [6, 6.07) is 7.41. The highest BCUT2D eigenvalue weighted by molar-refractivity contribution is 6.35. The third-order valence-electron chi connectivity index (χ3n) is 3.23. The summed E-state index contributed by atoms with van der Waals surface area (Å²) in [7, 11) is 1.45. The predicted octanol–water partition coefficient (Wildman–Crippen LogP) is 1.73. The molecule has 0 saturated carbocycles. The fourth-order valence-electron chi connectivity index (χ4n) is 2.27. The maximum absolute atomic E-state index is 12.0. The van der Waals surface area contributed by atoms with Gasteiger partial charge in [-0.15, -0.1) is 0 Å². The highest BCUT2D eigenvalue weighted by Gasteiger charge is 2.24. The Labute approximate surface area is 120 Å². The molecule has 0 aliphatic carbocycles. The summed E-state index contributed by atoms with van der Waals surface area (Å²) in [5, 5.41) is 9.30. The Balaban J connectivity index is 2.02. The number of anilines is 1. The van der Waals surface area contributed by atoms with Crippen molar-refractivity contribution in [3.63, 3.8) is 0 Å². The molecular weight excluding hydrogens is 270 g/mol. The molecule has 1 amide bonds. The average molecular weight is 283 g/mol. The fourth-order valence-corrected chi connectivity index (χ4v) is 2.27. The Bertz CT molecular complexity index is 746. The topological polar surface area (TPSA) is 84.1 Å². The number of aromatic nitrogens is 2. The van der Waals surface area contributed by atoms with Crippen molar-refractivity contribution >= 4 is 29.0 Å². The van der Waals surface area contributed by atoms with E-state index in [9.17, 15) is 9.59 Å². The number of para-hydroxylation sites is 1. The number of hydrogen-bond donors (Lipinski definition) is 2. The Morgan fingerprint density at radius 1 is 1.38 bits per heavy atom. The van der Waals surface area contributed by atoms with E-state index >= 15 is 0 Å². The number of nitrogens with one attached hydrogen (secondary N) is 2. The second kappa shape index (κ2) is 5.34. The van der Waals surface area contributed by atoms with Crippen molar-refractivity contribution < 1.29 is 14.3 Å². The van der Waals surface area contributed by atoms with Gasteiger partial charge in [0, 0.05) is 29.5 Å².